The number of para-hydroxylation sites is 1. The molecule has 5 heteroatoms. The van der Waals surface area contributed by atoms with Crippen LogP contribution in [0, 0.1) is 0 Å². The van der Waals surface area contributed by atoms with Crippen molar-refractivity contribution in [2.24, 2.45) is 5.73 Å². The van der Waals surface area contributed by atoms with Gasteiger partial charge in [0.25, 0.3) is 0 Å². The molecule has 0 unspecified atom stereocenters. The predicted molar refractivity (Wildman–Crippen MR) is 76.9 cm³/mol. The van der Waals surface area contributed by atoms with E-state index >= 15 is 0 Å². The zero-order valence-electron chi connectivity index (χ0n) is 12.0. The van der Waals surface area contributed by atoms with Crippen molar-refractivity contribution in [1.82, 2.24) is 4.98 Å². The summed E-state index contributed by atoms with van der Waals surface area (Å²) in [6.07, 6.45) is 2.26. The smallest absolute Gasteiger partial charge is 0.359 e. The molecule has 2 aromatic rings. The number of H-pyrrole nitrogens is 1. The first-order valence-corrected chi connectivity index (χ1v) is 6.57. The van der Waals surface area contributed by atoms with E-state index in [1.165, 1.54) is 0 Å². The third-order valence-corrected chi connectivity index (χ3v) is 2.79. The molecule has 108 valence electrons. The number of rotatable bonds is 4. The maximum Gasteiger partial charge on any atom is 0.359 e. The third kappa shape index (κ3) is 3.59. The maximum absolute atomic E-state index is 11.8. The number of carbonyl (C=O) groups excluding carboxylic acids is 1. The van der Waals surface area contributed by atoms with E-state index in [0.29, 0.717) is 6.42 Å². The Hall–Kier alpha value is -1.85. The van der Waals surface area contributed by atoms with Gasteiger partial charge in [0.1, 0.15) is 11.6 Å². The van der Waals surface area contributed by atoms with Crippen LogP contribution in [0.3, 0.4) is 0 Å². The summed E-state index contributed by atoms with van der Waals surface area (Å²) in [5.41, 5.74) is 7.32. The van der Waals surface area contributed by atoms with Crippen molar-refractivity contribution >= 4 is 16.9 Å². The van der Waals surface area contributed by atoms with Gasteiger partial charge < -0.3 is 10.7 Å². The summed E-state index contributed by atoms with van der Waals surface area (Å²) in [4.78, 5) is 24.7. The van der Waals surface area contributed by atoms with Crippen LogP contribution in [0.25, 0.3) is 10.9 Å². The van der Waals surface area contributed by atoms with E-state index in [1.807, 2.05) is 30.5 Å². The van der Waals surface area contributed by atoms with E-state index in [9.17, 15) is 4.79 Å². The van der Waals surface area contributed by atoms with Crippen LogP contribution in [0.4, 0.5) is 0 Å². The molecule has 1 atom stereocenters. The van der Waals surface area contributed by atoms with Crippen molar-refractivity contribution in [2.75, 3.05) is 0 Å². The lowest BCUT2D eigenvalue weighted by Crippen LogP contribution is -2.36. The van der Waals surface area contributed by atoms with Gasteiger partial charge in [0.2, 0.25) is 0 Å². The molecule has 0 radical (unpaired) electrons. The molecule has 1 aromatic carbocycles. The number of nitrogens with one attached hydrogen (secondary N) is 1. The van der Waals surface area contributed by atoms with Crippen LogP contribution in [0.1, 0.15) is 26.3 Å². The van der Waals surface area contributed by atoms with Gasteiger partial charge in [-0.2, -0.15) is 4.89 Å². The van der Waals surface area contributed by atoms with Gasteiger partial charge >= 0.3 is 5.97 Å². The molecule has 3 N–H and O–H groups in total. The summed E-state index contributed by atoms with van der Waals surface area (Å²) in [7, 11) is 0. The van der Waals surface area contributed by atoms with E-state index in [4.69, 9.17) is 15.5 Å². The summed E-state index contributed by atoms with van der Waals surface area (Å²) >= 11 is 0. The molecular weight excluding hydrogens is 256 g/mol. The highest BCUT2D eigenvalue weighted by atomic mass is 17.2. The Bertz CT molecular complexity index is 598. The van der Waals surface area contributed by atoms with Gasteiger partial charge in [0.15, 0.2) is 0 Å². The molecule has 2 rings (SSSR count). The summed E-state index contributed by atoms with van der Waals surface area (Å²) in [6, 6.07) is 7.12. The van der Waals surface area contributed by atoms with Crippen molar-refractivity contribution < 1.29 is 14.6 Å². The van der Waals surface area contributed by atoms with Crippen molar-refractivity contribution in [1.29, 1.82) is 0 Å². The lowest BCUT2D eigenvalue weighted by Gasteiger charge is -2.18. The van der Waals surface area contributed by atoms with Crippen LogP contribution in [-0.2, 0) is 21.0 Å². The fourth-order valence-electron chi connectivity index (χ4n) is 1.85. The topological polar surface area (TPSA) is 77.3 Å². The van der Waals surface area contributed by atoms with Gasteiger partial charge in [-0.05, 0) is 32.4 Å². The number of carbonyl (C=O) groups is 1. The van der Waals surface area contributed by atoms with Crippen LogP contribution < -0.4 is 5.73 Å². The van der Waals surface area contributed by atoms with Gasteiger partial charge in [-0.15, -0.1) is 0 Å². The Labute approximate surface area is 118 Å². The number of nitrogens with two attached hydrogens (primary N) is 1. The second kappa shape index (κ2) is 5.64. The minimum Gasteiger partial charge on any atom is -0.361 e. The minimum atomic E-state index is -0.753. The van der Waals surface area contributed by atoms with Crippen molar-refractivity contribution in [3.8, 4) is 0 Å². The highest BCUT2D eigenvalue weighted by Gasteiger charge is 2.21. The van der Waals surface area contributed by atoms with E-state index in [-0.39, 0.29) is 0 Å². The Morgan fingerprint density at radius 3 is 2.75 bits per heavy atom. The Morgan fingerprint density at radius 1 is 1.35 bits per heavy atom. The number of hydrogen-bond acceptors (Lipinski definition) is 4. The van der Waals surface area contributed by atoms with E-state index in [2.05, 4.69) is 4.98 Å². The number of aromatic amines is 1. The molecule has 0 aliphatic heterocycles. The molecule has 0 bridgehead atoms. The van der Waals surface area contributed by atoms with Crippen LogP contribution in [0.2, 0.25) is 0 Å². The van der Waals surface area contributed by atoms with Crippen molar-refractivity contribution in [2.45, 2.75) is 38.8 Å². The first-order valence-electron chi connectivity index (χ1n) is 6.57. The molecule has 0 amide bonds. The molecule has 1 heterocycles. The second-order valence-electron chi connectivity index (χ2n) is 5.77. The Morgan fingerprint density at radius 2 is 2.05 bits per heavy atom. The Balaban J connectivity index is 2.00. The molecule has 0 fully saturated rings. The standard InChI is InChI=1S/C15H20N2O3/c1-15(2,3)20-19-14(18)12(16)8-10-9-17-13-7-5-4-6-11(10)13/h4-7,9,12,17H,8,16H2,1-3H3/t12-/m0/s1. The summed E-state index contributed by atoms with van der Waals surface area (Å²) in [5, 5.41) is 1.06. The van der Waals surface area contributed by atoms with Gasteiger partial charge in [0.05, 0.1) is 0 Å². The van der Waals surface area contributed by atoms with E-state index in [1.54, 1.807) is 20.8 Å². The van der Waals surface area contributed by atoms with Gasteiger partial charge in [-0.1, -0.05) is 18.2 Å². The Kier molecular flexibility index (Phi) is 4.11. The molecule has 20 heavy (non-hydrogen) atoms. The van der Waals surface area contributed by atoms with Crippen molar-refractivity contribution in [3.63, 3.8) is 0 Å². The van der Waals surface area contributed by atoms with Gasteiger partial charge in [-0.3, -0.25) is 4.89 Å². The number of fused-ring (bicyclic) bond motifs is 1. The SMILES string of the molecule is CC(C)(C)OOC(=O)[C@@H](N)Cc1c[nH]c2ccccc12. The number of hydrogen-bond donors (Lipinski definition) is 2. The monoisotopic (exact) mass is 276 g/mol. The highest BCUT2D eigenvalue weighted by Crippen LogP contribution is 2.19. The lowest BCUT2D eigenvalue weighted by molar-refractivity contribution is -0.321. The normalized spacial score (nSPS) is 13.4. The first kappa shape index (κ1) is 14.6. The fourth-order valence-corrected chi connectivity index (χ4v) is 1.85. The molecule has 1 aromatic heterocycles. The summed E-state index contributed by atoms with van der Waals surface area (Å²) in [5.74, 6) is -0.565. The van der Waals surface area contributed by atoms with Gasteiger partial charge in [-0.25, -0.2) is 4.79 Å². The van der Waals surface area contributed by atoms with E-state index in [0.717, 1.165) is 16.5 Å². The fraction of sp³-hybridized carbons (Fsp3) is 0.400. The molecule has 0 aliphatic carbocycles. The number of aromatic nitrogens is 1. The lowest BCUT2D eigenvalue weighted by atomic mass is 10.1. The zero-order chi connectivity index (χ0) is 14.8. The van der Waals surface area contributed by atoms with Crippen molar-refractivity contribution in [3.05, 3.63) is 36.0 Å². The van der Waals surface area contributed by atoms with Crippen LogP contribution in [0.5, 0.6) is 0 Å². The highest BCUT2D eigenvalue weighted by molar-refractivity contribution is 5.84. The zero-order valence-corrected chi connectivity index (χ0v) is 12.0. The third-order valence-electron chi connectivity index (χ3n) is 2.79. The van der Waals surface area contributed by atoms with Crippen LogP contribution in [-0.4, -0.2) is 22.6 Å². The molecular formula is C15H20N2O3. The summed E-state index contributed by atoms with van der Waals surface area (Å²) < 4.78 is 0. The minimum absolute atomic E-state index is 0.399. The maximum atomic E-state index is 11.8. The second-order valence-corrected chi connectivity index (χ2v) is 5.77. The average molecular weight is 276 g/mol. The summed E-state index contributed by atoms with van der Waals surface area (Å²) in [6.45, 7) is 5.39. The largest absolute Gasteiger partial charge is 0.361 e. The molecule has 0 saturated heterocycles. The number of benzene rings is 1. The quantitative estimate of drug-likeness (QED) is 0.663. The van der Waals surface area contributed by atoms with Crippen LogP contribution >= 0.6 is 0 Å². The van der Waals surface area contributed by atoms with Crippen LogP contribution in [0.15, 0.2) is 30.5 Å². The molecule has 5 nitrogen and oxygen atoms in total. The van der Waals surface area contributed by atoms with Gasteiger partial charge in [0, 0.05) is 23.5 Å². The molecule has 0 saturated carbocycles. The van der Waals surface area contributed by atoms with E-state index < -0.39 is 17.6 Å². The first-order chi connectivity index (χ1) is 9.37. The predicted octanol–water partition coefficient (Wildman–Crippen LogP) is 2.31. The molecule has 0 spiro atoms. The average Bonchev–Trinajstić information content (AvgIpc) is 2.78. The molecule has 0 aliphatic rings.